The Balaban J connectivity index is 2.24. The summed E-state index contributed by atoms with van der Waals surface area (Å²) in [5.74, 6) is -0.0995. The average Bonchev–Trinajstić information content (AvgIpc) is 2.60. The first-order valence-electron chi connectivity index (χ1n) is 9.12. The first-order chi connectivity index (χ1) is 12.7. The van der Waals surface area contributed by atoms with Gasteiger partial charge in [0.2, 0.25) is 0 Å². The van der Waals surface area contributed by atoms with E-state index in [4.69, 9.17) is 0 Å². The van der Waals surface area contributed by atoms with Crippen LogP contribution in [-0.4, -0.2) is 18.8 Å². The lowest BCUT2D eigenvalue weighted by Crippen LogP contribution is -2.36. The quantitative estimate of drug-likeness (QED) is 0.596. The van der Waals surface area contributed by atoms with Crippen molar-refractivity contribution >= 4 is 5.69 Å². The van der Waals surface area contributed by atoms with Crippen LogP contribution in [0.25, 0.3) is 0 Å². The predicted octanol–water partition coefficient (Wildman–Crippen LogP) is 5.99. The summed E-state index contributed by atoms with van der Waals surface area (Å²) in [4.78, 5) is 0. The fraction of sp³-hybridized carbons (Fsp3) is 0.364. The lowest BCUT2D eigenvalue weighted by Gasteiger charge is -2.29. The zero-order chi connectivity index (χ0) is 20.0. The number of hydrogen-bond donors (Lipinski definition) is 2. The van der Waals surface area contributed by atoms with Gasteiger partial charge in [0.05, 0.1) is 6.04 Å². The molecule has 0 saturated carbocycles. The molecule has 1 atom stereocenters. The van der Waals surface area contributed by atoms with Crippen LogP contribution in [0.3, 0.4) is 0 Å². The van der Waals surface area contributed by atoms with Gasteiger partial charge in [0, 0.05) is 23.5 Å². The molecule has 2 nitrogen and oxygen atoms in total. The van der Waals surface area contributed by atoms with Gasteiger partial charge in [0.25, 0.3) is 0 Å². The molecule has 0 radical (unpaired) electrons. The van der Waals surface area contributed by atoms with Crippen molar-refractivity contribution < 1.29 is 13.2 Å². The molecule has 1 saturated heterocycles. The monoisotopic (exact) mass is 376 g/mol. The van der Waals surface area contributed by atoms with Crippen LogP contribution in [0.5, 0.6) is 0 Å². The van der Waals surface area contributed by atoms with Gasteiger partial charge in [0.15, 0.2) is 0 Å². The maximum atomic E-state index is 12.9. The highest BCUT2D eigenvalue weighted by Gasteiger charge is 2.31. The first kappa shape index (κ1) is 20.9. The summed E-state index contributed by atoms with van der Waals surface area (Å²) < 4.78 is 38.7. The molecule has 0 aliphatic carbocycles. The third-order valence-corrected chi connectivity index (χ3v) is 4.51. The molecule has 0 bridgehead atoms. The molecule has 0 aromatic heterocycles. The predicted molar refractivity (Wildman–Crippen MR) is 106 cm³/mol. The van der Waals surface area contributed by atoms with Crippen LogP contribution in [0.1, 0.15) is 26.7 Å². The molecule has 1 heterocycles. The molecule has 2 N–H and O–H groups in total. The highest BCUT2D eigenvalue weighted by Crippen LogP contribution is 2.30. The molecule has 0 amide bonds. The number of hydrogen-bond acceptors (Lipinski definition) is 2. The summed E-state index contributed by atoms with van der Waals surface area (Å²) >= 11 is 0. The topological polar surface area (TPSA) is 24.1 Å². The van der Waals surface area contributed by atoms with Gasteiger partial charge < -0.3 is 10.6 Å². The molecule has 1 fully saturated rings. The normalized spacial score (nSPS) is 19.7. The fourth-order valence-corrected chi connectivity index (χ4v) is 3.03. The number of anilines is 1. The number of alkyl halides is 3. The summed E-state index contributed by atoms with van der Waals surface area (Å²) in [7, 11) is 0. The van der Waals surface area contributed by atoms with E-state index >= 15 is 0 Å². The Morgan fingerprint density at radius 2 is 1.89 bits per heavy atom. The third-order valence-electron chi connectivity index (χ3n) is 4.51. The van der Waals surface area contributed by atoms with Crippen LogP contribution >= 0.6 is 0 Å². The first-order valence-corrected chi connectivity index (χ1v) is 9.12. The van der Waals surface area contributed by atoms with Crippen molar-refractivity contribution in [2.24, 2.45) is 5.92 Å². The van der Waals surface area contributed by atoms with Gasteiger partial charge in [-0.3, -0.25) is 0 Å². The molecular weight excluding hydrogens is 349 g/mol. The van der Waals surface area contributed by atoms with Crippen molar-refractivity contribution in [1.82, 2.24) is 5.32 Å². The van der Waals surface area contributed by atoms with Crippen molar-refractivity contribution in [3.05, 3.63) is 78.1 Å². The smallest absolute Gasteiger partial charge is 0.387 e. The fourth-order valence-electron chi connectivity index (χ4n) is 3.03. The molecule has 146 valence electrons. The van der Waals surface area contributed by atoms with E-state index in [1.165, 1.54) is 0 Å². The summed E-state index contributed by atoms with van der Waals surface area (Å²) in [5.41, 5.74) is 2.20. The van der Waals surface area contributed by atoms with E-state index in [1.807, 2.05) is 50.3 Å². The van der Waals surface area contributed by atoms with Gasteiger partial charge in [-0.1, -0.05) is 45.2 Å². The Labute approximate surface area is 159 Å². The molecule has 1 aromatic carbocycles. The second-order valence-electron chi connectivity index (χ2n) is 7.03. The van der Waals surface area contributed by atoms with Gasteiger partial charge in [-0.25, -0.2) is 0 Å². The van der Waals surface area contributed by atoms with E-state index in [2.05, 4.69) is 23.8 Å². The Bertz CT molecular complexity index is 728. The molecule has 0 spiro atoms. The highest BCUT2D eigenvalue weighted by molar-refractivity contribution is 5.49. The largest absolute Gasteiger partial charge is 0.415 e. The van der Waals surface area contributed by atoms with Gasteiger partial charge in [-0.15, -0.1) is 0 Å². The minimum Gasteiger partial charge on any atom is -0.387 e. The number of rotatable bonds is 6. The SMILES string of the molecule is C=C(/C=C1\NCCCC1Nc1ccccc1)/C(=C/C(=C)C(F)(F)F)C(C)C. The molecule has 1 aliphatic rings. The number of halogens is 3. The number of para-hydroxylation sites is 1. The molecular formula is C22H27F3N2. The molecule has 5 heteroatoms. The number of nitrogens with one attached hydrogen (secondary N) is 2. The van der Waals surface area contributed by atoms with E-state index < -0.39 is 11.7 Å². The number of allylic oxidation sites excluding steroid dienone is 5. The maximum Gasteiger partial charge on any atom is 0.415 e. The summed E-state index contributed by atoms with van der Waals surface area (Å²) in [5, 5.41) is 6.84. The zero-order valence-electron chi connectivity index (χ0n) is 15.9. The standard InChI is InChI=1S/C22H27F3N2/c1-15(2)19(14-17(4)22(23,24)25)16(3)13-21-20(11-8-12-26-21)27-18-9-6-5-7-10-18/h5-7,9-10,13-15,20,26-27H,3-4,8,11-12H2,1-2H3/b19-14+,21-13-. The third kappa shape index (κ3) is 6.05. The molecule has 27 heavy (non-hydrogen) atoms. The second-order valence-corrected chi connectivity index (χ2v) is 7.03. The van der Waals surface area contributed by atoms with Crippen LogP contribution in [0.4, 0.5) is 18.9 Å². The minimum atomic E-state index is -4.44. The van der Waals surface area contributed by atoms with E-state index in [9.17, 15) is 13.2 Å². The van der Waals surface area contributed by atoms with Crippen LogP contribution in [0, 0.1) is 5.92 Å². The van der Waals surface area contributed by atoms with Gasteiger partial charge in [-0.2, -0.15) is 13.2 Å². The summed E-state index contributed by atoms with van der Waals surface area (Å²) in [6.07, 6.45) is 0.485. The second kappa shape index (κ2) is 8.98. The van der Waals surface area contributed by atoms with E-state index in [1.54, 1.807) is 0 Å². The van der Waals surface area contributed by atoms with Gasteiger partial charge >= 0.3 is 6.18 Å². The highest BCUT2D eigenvalue weighted by atomic mass is 19.4. The minimum absolute atomic E-state index is 0.0668. The molecule has 2 rings (SSSR count). The van der Waals surface area contributed by atoms with Crippen LogP contribution < -0.4 is 10.6 Å². The molecule has 1 aromatic rings. The molecule has 1 unspecified atom stereocenters. The van der Waals surface area contributed by atoms with E-state index in [0.717, 1.165) is 36.8 Å². The Morgan fingerprint density at radius 1 is 1.22 bits per heavy atom. The van der Waals surface area contributed by atoms with Crippen molar-refractivity contribution in [2.45, 2.75) is 38.9 Å². The summed E-state index contributed by atoms with van der Waals surface area (Å²) in [6, 6.07) is 9.93. The van der Waals surface area contributed by atoms with Gasteiger partial charge in [-0.05, 0) is 54.2 Å². The van der Waals surface area contributed by atoms with Crippen LogP contribution in [-0.2, 0) is 0 Å². The zero-order valence-corrected chi connectivity index (χ0v) is 15.9. The van der Waals surface area contributed by atoms with Gasteiger partial charge in [0.1, 0.15) is 0 Å². The van der Waals surface area contributed by atoms with Crippen molar-refractivity contribution in [1.29, 1.82) is 0 Å². The van der Waals surface area contributed by atoms with E-state index in [-0.39, 0.29) is 12.0 Å². The van der Waals surface area contributed by atoms with Crippen LogP contribution in [0.15, 0.2) is 78.1 Å². The lowest BCUT2D eigenvalue weighted by molar-refractivity contribution is -0.0878. The maximum absolute atomic E-state index is 12.9. The Hall–Kier alpha value is -2.43. The average molecular weight is 376 g/mol. The summed E-state index contributed by atoms with van der Waals surface area (Å²) in [6.45, 7) is 11.7. The Kier molecular flexibility index (Phi) is 6.94. The lowest BCUT2D eigenvalue weighted by atomic mass is 9.91. The van der Waals surface area contributed by atoms with Crippen LogP contribution in [0.2, 0.25) is 0 Å². The van der Waals surface area contributed by atoms with Crippen molar-refractivity contribution in [2.75, 3.05) is 11.9 Å². The van der Waals surface area contributed by atoms with Crippen molar-refractivity contribution in [3.8, 4) is 0 Å². The van der Waals surface area contributed by atoms with Crippen molar-refractivity contribution in [3.63, 3.8) is 0 Å². The van der Waals surface area contributed by atoms with E-state index in [0.29, 0.717) is 11.1 Å². The number of benzene rings is 1. The number of piperidine rings is 1. The Morgan fingerprint density at radius 3 is 2.48 bits per heavy atom. The molecule has 1 aliphatic heterocycles.